The minimum Gasteiger partial charge on any atom is -0.472 e. The number of hydrogen-bond donors (Lipinski definition) is 1. The molecule has 0 aliphatic heterocycles. The summed E-state index contributed by atoms with van der Waals surface area (Å²) in [6, 6.07) is 0.851. The molecule has 1 fully saturated rings. The first kappa shape index (κ1) is 16.0. The largest absolute Gasteiger partial charge is 0.472 e. The van der Waals surface area contributed by atoms with Gasteiger partial charge in [0.1, 0.15) is 6.10 Å². The molecule has 0 radical (unpaired) electrons. The van der Waals surface area contributed by atoms with E-state index in [1.807, 2.05) is 6.92 Å². The van der Waals surface area contributed by atoms with Gasteiger partial charge in [-0.15, -0.1) is 0 Å². The van der Waals surface area contributed by atoms with Gasteiger partial charge in [-0.25, -0.2) is 8.78 Å². The van der Waals surface area contributed by atoms with Crippen molar-refractivity contribution < 1.29 is 13.5 Å². The van der Waals surface area contributed by atoms with Gasteiger partial charge in [0, 0.05) is 12.6 Å². The zero-order valence-electron chi connectivity index (χ0n) is 12.8. The van der Waals surface area contributed by atoms with E-state index in [2.05, 4.69) is 17.2 Å². The van der Waals surface area contributed by atoms with Gasteiger partial charge in [-0.2, -0.15) is 4.98 Å². The lowest BCUT2D eigenvalue weighted by molar-refractivity contribution is 0.0814. The standard InChI is InChI=1S/C16H24F2N2O/c1-3-9-19-15-12(17)10-13(18)16(20-15)21-14-8-6-5-7-11(14)4-2/h10-11,14H,3-9H2,1-2H3,(H,19,20). The molecule has 0 spiro atoms. The van der Waals surface area contributed by atoms with E-state index in [9.17, 15) is 8.78 Å². The van der Waals surface area contributed by atoms with Crippen LogP contribution in [0.1, 0.15) is 52.4 Å². The molecular formula is C16H24F2N2O. The van der Waals surface area contributed by atoms with E-state index >= 15 is 0 Å². The molecule has 1 saturated carbocycles. The fourth-order valence-electron chi connectivity index (χ4n) is 2.84. The number of pyridine rings is 1. The Labute approximate surface area is 125 Å². The highest BCUT2D eigenvalue weighted by Gasteiger charge is 2.27. The molecule has 2 rings (SSSR count). The smallest absolute Gasteiger partial charge is 0.252 e. The first-order chi connectivity index (χ1) is 10.2. The van der Waals surface area contributed by atoms with Crippen LogP contribution in [0.2, 0.25) is 0 Å². The second-order valence-electron chi connectivity index (χ2n) is 5.64. The van der Waals surface area contributed by atoms with Crippen LogP contribution in [-0.4, -0.2) is 17.6 Å². The third-order valence-electron chi connectivity index (χ3n) is 4.07. The Bertz CT molecular complexity index is 468. The molecule has 2 atom stereocenters. The van der Waals surface area contributed by atoms with Crippen LogP contribution in [-0.2, 0) is 0 Å². The fourth-order valence-corrected chi connectivity index (χ4v) is 2.84. The molecule has 1 aromatic rings. The normalized spacial score (nSPS) is 22.1. The highest BCUT2D eigenvalue weighted by Crippen LogP contribution is 2.31. The number of aromatic nitrogens is 1. The van der Waals surface area contributed by atoms with Gasteiger partial charge in [-0.1, -0.05) is 20.3 Å². The van der Waals surface area contributed by atoms with Crippen molar-refractivity contribution in [1.29, 1.82) is 0 Å². The molecule has 1 aromatic heterocycles. The Balaban J connectivity index is 2.14. The summed E-state index contributed by atoms with van der Waals surface area (Å²) >= 11 is 0. The molecule has 0 saturated heterocycles. The molecular weight excluding hydrogens is 274 g/mol. The van der Waals surface area contributed by atoms with Crippen molar-refractivity contribution in [2.75, 3.05) is 11.9 Å². The monoisotopic (exact) mass is 298 g/mol. The summed E-state index contributed by atoms with van der Waals surface area (Å²) in [4.78, 5) is 3.99. The average Bonchev–Trinajstić information content (AvgIpc) is 2.49. The fraction of sp³-hybridized carbons (Fsp3) is 0.688. The number of rotatable bonds is 6. The molecule has 21 heavy (non-hydrogen) atoms. The minimum absolute atomic E-state index is 0.0183. The maximum atomic E-state index is 13.9. The van der Waals surface area contributed by atoms with Crippen LogP contribution < -0.4 is 10.1 Å². The lowest BCUT2D eigenvalue weighted by atomic mass is 9.85. The van der Waals surface area contributed by atoms with Crippen LogP contribution in [0.4, 0.5) is 14.6 Å². The Morgan fingerprint density at radius 1 is 1.24 bits per heavy atom. The zero-order chi connectivity index (χ0) is 15.2. The lowest BCUT2D eigenvalue weighted by Gasteiger charge is -2.30. The summed E-state index contributed by atoms with van der Waals surface area (Å²) in [5.41, 5.74) is 0. The van der Waals surface area contributed by atoms with Crippen LogP contribution in [0.3, 0.4) is 0 Å². The Hall–Kier alpha value is -1.39. The summed E-state index contributed by atoms with van der Waals surface area (Å²) in [5.74, 6) is -0.992. The molecule has 1 aliphatic rings. The van der Waals surface area contributed by atoms with Crippen molar-refractivity contribution in [2.24, 2.45) is 5.92 Å². The second-order valence-corrected chi connectivity index (χ2v) is 5.64. The lowest BCUT2D eigenvalue weighted by Crippen LogP contribution is -2.30. The molecule has 0 bridgehead atoms. The Kier molecular flexibility index (Phi) is 5.76. The number of halogens is 2. The summed E-state index contributed by atoms with van der Waals surface area (Å²) in [5, 5.41) is 2.86. The predicted molar refractivity (Wildman–Crippen MR) is 79.6 cm³/mol. The van der Waals surface area contributed by atoms with Crippen LogP contribution >= 0.6 is 0 Å². The molecule has 3 nitrogen and oxygen atoms in total. The van der Waals surface area contributed by atoms with Crippen molar-refractivity contribution in [1.82, 2.24) is 4.98 Å². The molecule has 5 heteroatoms. The molecule has 1 heterocycles. The Morgan fingerprint density at radius 3 is 2.71 bits per heavy atom. The van der Waals surface area contributed by atoms with Crippen molar-refractivity contribution in [3.05, 3.63) is 17.7 Å². The van der Waals surface area contributed by atoms with Gasteiger partial charge in [-0.05, 0) is 38.0 Å². The number of ether oxygens (including phenoxy) is 1. The molecule has 2 unspecified atom stereocenters. The topological polar surface area (TPSA) is 34.2 Å². The maximum Gasteiger partial charge on any atom is 0.252 e. The van der Waals surface area contributed by atoms with E-state index in [0.717, 1.165) is 38.2 Å². The van der Waals surface area contributed by atoms with Crippen molar-refractivity contribution in [3.63, 3.8) is 0 Å². The second kappa shape index (κ2) is 7.57. The third kappa shape index (κ3) is 4.05. The molecule has 0 aromatic carbocycles. The third-order valence-corrected chi connectivity index (χ3v) is 4.07. The molecule has 0 amide bonds. The molecule has 1 N–H and O–H groups in total. The van der Waals surface area contributed by atoms with Gasteiger partial charge in [-0.3, -0.25) is 0 Å². The average molecular weight is 298 g/mol. The number of hydrogen-bond acceptors (Lipinski definition) is 3. The molecule has 118 valence electrons. The predicted octanol–water partition coefficient (Wildman–Crippen LogP) is 4.53. The van der Waals surface area contributed by atoms with Crippen LogP contribution in [0, 0.1) is 17.6 Å². The van der Waals surface area contributed by atoms with E-state index in [-0.39, 0.29) is 17.8 Å². The SMILES string of the molecule is CCCNc1nc(OC2CCCCC2CC)c(F)cc1F. The van der Waals surface area contributed by atoms with E-state index in [1.165, 1.54) is 6.42 Å². The number of nitrogens with one attached hydrogen (secondary N) is 1. The van der Waals surface area contributed by atoms with Crippen molar-refractivity contribution in [2.45, 2.75) is 58.5 Å². The van der Waals surface area contributed by atoms with Gasteiger partial charge in [0.25, 0.3) is 5.88 Å². The van der Waals surface area contributed by atoms with Crippen LogP contribution in [0.25, 0.3) is 0 Å². The summed E-state index contributed by atoms with van der Waals surface area (Å²) in [6.45, 7) is 4.69. The van der Waals surface area contributed by atoms with Gasteiger partial charge >= 0.3 is 0 Å². The number of anilines is 1. The Morgan fingerprint density at radius 2 is 2.00 bits per heavy atom. The summed E-state index contributed by atoms with van der Waals surface area (Å²) < 4.78 is 33.3. The van der Waals surface area contributed by atoms with Crippen molar-refractivity contribution in [3.8, 4) is 5.88 Å². The van der Waals surface area contributed by atoms with Gasteiger partial charge in [0.05, 0.1) is 0 Å². The first-order valence-corrected chi connectivity index (χ1v) is 7.92. The highest BCUT2D eigenvalue weighted by molar-refractivity contribution is 5.39. The van der Waals surface area contributed by atoms with Crippen molar-refractivity contribution >= 4 is 5.82 Å². The van der Waals surface area contributed by atoms with E-state index < -0.39 is 11.6 Å². The van der Waals surface area contributed by atoms with E-state index in [4.69, 9.17) is 4.74 Å². The minimum atomic E-state index is -0.727. The first-order valence-electron chi connectivity index (χ1n) is 7.92. The summed E-state index contributed by atoms with van der Waals surface area (Å²) in [7, 11) is 0. The quantitative estimate of drug-likeness (QED) is 0.838. The van der Waals surface area contributed by atoms with Crippen LogP contribution in [0.15, 0.2) is 6.07 Å². The van der Waals surface area contributed by atoms with E-state index in [1.54, 1.807) is 0 Å². The molecule has 1 aliphatic carbocycles. The maximum absolute atomic E-state index is 13.9. The van der Waals surface area contributed by atoms with E-state index in [0.29, 0.717) is 12.5 Å². The van der Waals surface area contributed by atoms with Gasteiger partial charge in [0.2, 0.25) is 0 Å². The van der Waals surface area contributed by atoms with Gasteiger partial charge in [0.15, 0.2) is 17.5 Å². The number of nitrogens with zero attached hydrogens (tertiary/aromatic N) is 1. The van der Waals surface area contributed by atoms with Gasteiger partial charge < -0.3 is 10.1 Å². The highest BCUT2D eigenvalue weighted by atomic mass is 19.1. The van der Waals surface area contributed by atoms with Crippen LogP contribution in [0.5, 0.6) is 5.88 Å². The summed E-state index contributed by atoms with van der Waals surface area (Å²) in [6.07, 6.45) is 6.13. The zero-order valence-corrected chi connectivity index (χ0v) is 12.8.